The summed E-state index contributed by atoms with van der Waals surface area (Å²) >= 11 is 0. The fourth-order valence-corrected chi connectivity index (χ4v) is 1.10. The first-order chi connectivity index (χ1) is 7.09. The summed E-state index contributed by atoms with van der Waals surface area (Å²) in [5.41, 5.74) is 1.32. The first kappa shape index (κ1) is 14.2. The smallest absolute Gasteiger partial charge is 0.0536 e. The van der Waals surface area contributed by atoms with Crippen molar-refractivity contribution >= 4 is 0 Å². The molecule has 0 N–H and O–H groups in total. The Balaban J connectivity index is 0.000000921. The third kappa shape index (κ3) is 5.57. The van der Waals surface area contributed by atoms with Gasteiger partial charge in [-0.25, -0.2) is 0 Å². The van der Waals surface area contributed by atoms with E-state index in [0.717, 1.165) is 13.1 Å². The summed E-state index contributed by atoms with van der Waals surface area (Å²) < 4.78 is 2.01. The van der Waals surface area contributed by atoms with Gasteiger partial charge in [-0.1, -0.05) is 27.7 Å². The standard InChI is InChI=1S/C10H19N3.C2H6/c1-9(2)10-7-11-13(8-10)6-5-12(3)4;1-2/h7-9H,5-6H2,1-4H3;1-2H3. The van der Waals surface area contributed by atoms with Crippen LogP contribution in [0.2, 0.25) is 0 Å². The minimum absolute atomic E-state index is 0.577. The summed E-state index contributed by atoms with van der Waals surface area (Å²) in [7, 11) is 4.15. The van der Waals surface area contributed by atoms with Crippen molar-refractivity contribution < 1.29 is 0 Å². The maximum absolute atomic E-state index is 4.30. The lowest BCUT2D eigenvalue weighted by Gasteiger charge is -2.08. The minimum Gasteiger partial charge on any atom is -0.308 e. The van der Waals surface area contributed by atoms with E-state index in [2.05, 4.69) is 44.1 Å². The van der Waals surface area contributed by atoms with Crippen LogP contribution in [0.15, 0.2) is 12.4 Å². The van der Waals surface area contributed by atoms with Crippen LogP contribution in [0.3, 0.4) is 0 Å². The number of likely N-dealkylation sites (N-methyl/N-ethyl adjacent to an activating group) is 1. The molecule has 0 amide bonds. The molecule has 0 saturated carbocycles. The van der Waals surface area contributed by atoms with Gasteiger partial charge in [0.15, 0.2) is 0 Å². The fourth-order valence-electron chi connectivity index (χ4n) is 1.10. The van der Waals surface area contributed by atoms with E-state index >= 15 is 0 Å². The Morgan fingerprint density at radius 1 is 1.33 bits per heavy atom. The Bertz CT molecular complexity index is 251. The minimum atomic E-state index is 0.577. The van der Waals surface area contributed by atoms with Crippen molar-refractivity contribution in [1.82, 2.24) is 14.7 Å². The van der Waals surface area contributed by atoms with Gasteiger partial charge in [0.05, 0.1) is 12.7 Å². The van der Waals surface area contributed by atoms with Crippen LogP contribution in [0.5, 0.6) is 0 Å². The van der Waals surface area contributed by atoms with Crippen LogP contribution in [-0.4, -0.2) is 35.3 Å². The van der Waals surface area contributed by atoms with Crippen molar-refractivity contribution in [2.24, 2.45) is 0 Å². The van der Waals surface area contributed by atoms with Crippen molar-refractivity contribution in [2.75, 3.05) is 20.6 Å². The molecule has 1 heterocycles. The lowest BCUT2D eigenvalue weighted by atomic mass is 10.1. The van der Waals surface area contributed by atoms with Crippen molar-refractivity contribution in [3.05, 3.63) is 18.0 Å². The topological polar surface area (TPSA) is 21.1 Å². The van der Waals surface area contributed by atoms with E-state index in [0.29, 0.717) is 5.92 Å². The molecule has 0 aliphatic carbocycles. The van der Waals surface area contributed by atoms with Gasteiger partial charge >= 0.3 is 0 Å². The molecule has 1 aromatic rings. The monoisotopic (exact) mass is 211 g/mol. The maximum Gasteiger partial charge on any atom is 0.0536 e. The van der Waals surface area contributed by atoms with Crippen molar-refractivity contribution in [1.29, 1.82) is 0 Å². The number of aromatic nitrogens is 2. The van der Waals surface area contributed by atoms with E-state index in [4.69, 9.17) is 0 Å². The van der Waals surface area contributed by atoms with Crippen LogP contribution >= 0.6 is 0 Å². The predicted octanol–water partition coefficient (Wildman–Crippen LogP) is 2.59. The molecule has 0 aromatic carbocycles. The molecule has 1 rings (SSSR count). The van der Waals surface area contributed by atoms with Crippen LogP contribution in [0.1, 0.15) is 39.2 Å². The van der Waals surface area contributed by atoms with Gasteiger partial charge < -0.3 is 4.90 Å². The molecule has 0 aliphatic heterocycles. The van der Waals surface area contributed by atoms with Crippen LogP contribution in [0.4, 0.5) is 0 Å². The van der Waals surface area contributed by atoms with E-state index in [1.165, 1.54) is 5.56 Å². The second-order valence-electron chi connectivity index (χ2n) is 3.99. The van der Waals surface area contributed by atoms with Gasteiger partial charge in [0.1, 0.15) is 0 Å². The summed E-state index contributed by atoms with van der Waals surface area (Å²) in [4.78, 5) is 2.16. The van der Waals surface area contributed by atoms with E-state index in [1.807, 2.05) is 24.7 Å². The first-order valence-electron chi connectivity index (χ1n) is 5.76. The summed E-state index contributed by atoms with van der Waals surface area (Å²) in [6, 6.07) is 0. The second kappa shape index (κ2) is 7.46. The lowest BCUT2D eigenvalue weighted by molar-refractivity contribution is 0.373. The average molecular weight is 211 g/mol. The first-order valence-corrected chi connectivity index (χ1v) is 5.76. The van der Waals surface area contributed by atoms with Crippen molar-refractivity contribution in [3.8, 4) is 0 Å². The van der Waals surface area contributed by atoms with Gasteiger partial charge in [-0.2, -0.15) is 5.10 Å². The van der Waals surface area contributed by atoms with Gasteiger partial charge in [0, 0.05) is 12.7 Å². The highest BCUT2D eigenvalue weighted by Gasteiger charge is 2.02. The SMILES string of the molecule is CC.CC(C)c1cnn(CCN(C)C)c1. The normalized spacial score (nSPS) is 10.4. The number of hydrogen-bond donors (Lipinski definition) is 0. The van der Waals surface area contributed by atoms with Crippen molar-refractivity contribution in [2.45, 2.75) is 40.2 Å². The molecule has 0 spiro atoms. The largest absolute Gasteiger partial charge is 0.308 e. The van der Waals surface area contributed by atoms with Gasteiger partial charge in [-0.3, -0.25) is 4.68 Å². The molecule has 0 fully saturated rings. The number of nitrogens with zero attached hydrogens (tertiary/aromatic N) is 3. The van der Waals surface area contributed by atoms with E-state index in [9.17, 15) is 0 Å². The summed E-state index contributed by atoms with van der Waals surface area (Å²) in [6.45, 7) is 10.4. The highest BCUT2D eigenvalue weighted by Crippen LogP contribution is 2.11. The fraction of sp³-hybridized carbons (Fsp3) is 0.750. The third-order valence-corrected chi connectivity index (χ3v) is 2.10. The van der Waals surface area contributed by atoms with E-state index in [-0.39, 0.29) is 0 Å². The molecule has 3 nitrogen and oxygen atoms in total. The Hall–Kier alpha value is -0.830. The molecular weight excluding hydrogens is 186 g/mol. The third-order valence-electron chi connectivity index (χ3n) is 2.10. The van der Waals surface area contributed by atoms with Crippen molar-refractivity contribution in [3.63, 3.8) is 0 Å². The second-order valence-corrected chi connectivity index (χ2v) is 3.99. The summed E-state index contributed by atoms with van der Waals surface area (Å²) in [5.74, 6) is 0.577. The molecule has 0 saturated heterocycles. The zero-order valence-electron chi connectivity index (χ0n) is 11.0. The highest BCUT2D eigenvalue weighted by molar-refractivity contribution is 5.08. The predicted molar refractivity (Wildman–Crippen MR) is 66.2 cm³/mol. The Morgan fingerprint density at radius 2 is 1.93 bits per heavy atom. The molecule has 0 atom stereocenters. The van der Waals surface area contributed by atoms with Gasteiger partial charge in [-0.05, 0) is 25.6 Å². The highest BCUT2D eigenvalue weighted by atomic mass is 15.3. The number of hydrogen-bond acceptors (Lipinski definition) is 2. The van der Waals surface area contributed by atoms with Gasteiger partial charge in [0.25, 0.3) is 0 Å². The summed E-state index contributed by atoms with van der Waals surface area (Å²) in [5, 5.41) is 4.30. The van der Waals surface area contributed by atoms with E-state index < -0.39 is 0 Å². The Kier molecular flexibility index (Phi) is 7.05. The molecule has 0 unspecified atom stereocenters. The zero-order chi connectivity index (χ0) is 11.8. The zero-order valence-corrected chi connectivity index (χ0v) is 11.0. The van der Waals surface area contributed by atoms with Gasteiger partial charge in [-0.15, -0.1) is 0 Å². The average Bonchev–Trinajstić information content (AvgIpc) is 2.66. The van der Waals surface area contributed by atoms with Crippen LogP contribution < -0.4 is 0 Å². The van der Waals surface area contributed by atoms with Crippen LogP contribution in [0.25, 0.3) is 0 Å². The van der Waals surface area contributed by atoms with Crippen LogP contribution in [-0.2, 0) is 6.54 Å². The molecule has 1 aromatic heterocycles. The molecule has 0 aliphatic rings. The van der Waals surface area contributed by atoms with Gasteiger partial charge in [0.2, 0.25) is 0 Å². The Morgan fingerprint density at radius 3 is 2.33 bits per heavy atom. The molecule has 0 radical (unpaired) electrons. The van der Waals surface area contributed by atoms with E-state index in [1.54, 1.807) is 0 Å². The lowest BCUT2D eigenvalue weighted by Crippen LogP contribution is -2.18. The molecule has 15 heavy (non-hydrogen) atoms. The quantitative estimate of drug-likeness (QED) is 0.763. The molecular formula is C12H25N3. The number of rotatable bonds is 4. The summed E-state index contributed by atoms with van der Waals surface area (Å²) in [6.07, 6.45) is 4.09. The maximum atomic E-state index is 4.30. The molecule has 0 bridgehead atoms. The molecule has 88 valence electrons. The van der Waals surface area contributed by atoms with Crippen LogP contribution in [0, 0.1) is 0 Å². The molecule has 3 heteroatoms. The Labute approximate surface area is 94.1 Å².